The molecule has 4 heteroatoms. The number of hydrogen-bond donors (Lipinski definition) is 0. The minimum absolute atomic E-state index is 0.284. The minimum Gasteiger partial charge on any atom is -0.462 e. The summed E-state index contributed by atoms with van der Waals surface area (Å²) in [6.45, 7) is 8.65. The first kappa shape index (κ1) is 20.5. The number of fused-ring (bicyclic) bond motifs is 1. The van der Waals surface area contributed by atoms with E-state index in [2.05, 4.69) is 23.3 Å². The normalized spacial score (nSPS) is 14.6. The lowest BCUT2D eigenvalue weighted by Gasteiger charge is -2.16. The number of hydrogen-bond acceptors (Lipinski definition) is 3. The van der Waals surface area contributed by atoms with E-state index in [4.69, 9.17) is 9.47 Å². The van der Waals surface area contributed by atoms with Crippen molar-refractivity contribution in [2.45, 2.75) is 33.2 Å². The van der Waals surface area contributed by atoms with Crippen LogP contribution >= 0.6 is 0 Å². The molecule has 1 aliphatic rings. The highest BCUT2D eigenvalue weighted by molar-refractivity contribution is 6.04. The molecule has 0 saturated carbocycles. The molecule has 1 heterocycles. The topological polar surface area (TPSA) is 40.5 Å². The third kappa shape index (κ3) is 4.96. The van der Waals surface area contributed by atoms with Gasteiger partial charge in [-0.25, -0.2) is 4.79 Å². The predicted molar refractivity (Wildman–Crippen MR) is 117 cm³/mol. The van der Waals surface area contributed by atoms with Gasteiger partial charge in [0.05, 0.1) is 12.2 Å². The molecular weight excluding hydrogens is 362 g/mol. The second kappa shape index (κ2) is 9.78. The van der Waals surface area contributed by atoms with Crippen molar-refractivity contribution in [3.8, 4) is 0 Å². The summed E-state index contributed by atoms with van der Waals surface area (Å²) in [6, 6.07) is 7.92. The van der Waals surface area contributed by atoms with Gasteiger partial charge >= 0.3 is 5.97 Å². The van der Waals surface area contributed by atoms with E-state index < -0.39 is 0 Å². The van der Waals surface area contributed by atoms with Gasteiger partial charge in [-0.1, -0.05) is 36.9 Å². The Hall–Kier alpha value is -3.27. The molecule has 1 aromatic carbocycles. The Kier molecular flexibility index (Phi) is 6.90. The van der Waals surface area contributed by atoms with E-state index in [9.17, 15) is 4.79 Å². The summed E-state index contributed by atoms with van der Waals surface area (Å²) in [6.07, 6.45) is 15.4. The van der Waals surface area contributed by atoms with Gasteiger partial charge in [0.1, 0.15) is 11.5 Å². The first-order valence-electron chi connectivity index (χ1n) is 9.94. The molecule has 0 atom stereocenters. The van der Waals surface area contributed by atoms with Crippen molar-refractivity contribution in [2.75, 3.05) is 6.61 Å². The second-order valence-corrected chi connectivity index (χ2v) is 6.76. The molecule has 0 radical (unpaired) electrons. The fraction of sp³-hybridized carbons (Fsp3) is 0.240. The first-order chi connectivity index (χ1) is 14.2. The Balaban J connectivity index is 1.85. The first-order valence-corrected chi connectivity index (χ1v) is 9.94. The second-order valence-electron chi connectivity index (χ2n) is 6.76. The average Bonchev–Trinajstić information content (AvgIpc) is 3.10. The van der Waals surface area contributed by atoms with Crippen molar-refractivity contribution in [2.24, 2.45) is 0 Å². The van der Waals surface area contributed by atoms with Gasteiger partial charge in [0.2, 0.25) is 0 Å². The number of benzene rings is 1. The van der Waals surface area contributed by atoms with E-state index >= 15 is 0 Å². The van der Waals surface area contributed by atoms with Crippen molar-refractivity contribution in [1.29, 1.82) is 0 Å². The highest BCUT2D eigenvalue weighted by atomic mass is 16.5. The Bertz CT molecular complexity index is 1020. The molecule has 0 N–H and O–H groups in total. The largest absolute Gasteiger partial charge is 0.462 e. The SMILES string of the molecule is C=C/C(=C\C=C/C)OC1=CCCC(Cn2cc(C(=O)OCC)c3ccccc32)=C1. The molecule has 2 aromatic rings. The van der Waals surface area contributed by atoms with Crippen LogP contribution in [0.5, 0.6) is 0 Å². The molecule has 0 saturated heterocycles. The number of esters is 1. The zero-order valence-corrected chi connectivity index (χ0v) is 17.1. The molecule has 1 aliphatic carbocycles. The van der Waals surface area contributed by atoms with Crippen molar-refractivity contribution in [3.05, 3.63) is 96.2 Å². The molecule has 0 spiro atoms. The van der Waals surface area contributed by atoms with Crippen LogP contribution in [0, 0.1) is 0 Å². The lowest BCUT2D eigenvalue weighted by Crippen LogP contribution is -2.05. The molecule has 0 bridgehead atoms. The Morgan fingerprint density at radius 2 is 2.14 bits per heavy atom. The van der Waals surface area contributed by atoms with Crippen molar-refractivity contribution in [1.82, 2.24) is 4.57 Å². The summed E-state index contributed by atoms with van der Waals surface area (Å²) in [4.78, 5) is 12.4. The smallest absolute Gasteiger partial charge is 0.340 e. The van der Waals surface area contributed by atoms with Crippen LogP contribution in [0.15, 0.2) is 90.6 Å². The minimum atomic E-state index is -0.284. The molecule has 29 heavy (non-hydrogen) atoms. The lowest BCUT2D eigenvalue weighted by molar-refractivity contribution is 0.0528. The van der Waals surface area contributed by atoms with E-state index in [0.29, 0.717) is 24.5 Å². The van der Waals surface area contributed by atoms with Crippen LogP contribution in [-0.2, 0) is 16.0 Å². The van der Waals surface area contributed by atoms with E-state index in [1.54, 1.807) is 6.08 Å². The van der Waals surface area contributed by atoms with Crippen molar-refractivity contribution >= 4 is 16.9 Å². The summed E-state index contributed by atoms with van der Waals surface area (Å²) in [5, 5.41) is 0.914. The Morgan fingerprint density at radius 1 is 1.31 bits per heavy atom. The molecule has 3 rings (SSSR count). The highest BCUT2D eigenvalue weighted by Crippen LogP contribution is 2.26. The monoisotopic (exact) mass is 389 g/mol. The lowest BCUT2D eigenvalue weighted by atomic mass is 10.0. The third-order valence-corrected chi connectivity index (χ3v) is 4.70. The highest BCUT2D eigenvalue weighted by Gasteiger charge is 2.17. The third-order valence-electron chi connectivity index (χ3n) is 4.70. The molecule has 0 unspecified atom stereocenters. The number of rotatable bonds is 8. The van der Waals surface area contributed by atoms with Crippen molar-refractivity contribution < 1.29 is 14.3 Å². The summed E-state index contributed by atoms with van der Waals surface area (Å²) in [5.74, 6) is 1.25. The Morgan fingerprint density at radius 3 is 2.90 bits per heavy atom. The maximum Gasteiger partial charge on any atom is 0.340 e. The number of para-hydroxylation sites is 1. The summed E-state index contributed by atoms with van der Waals surface area (Å²) >= 11 is 0. The van der Waals surface area contributed by atoms with Crippen LogP contribution in [-0.4, -0.2) is 17.1 Å². The van der Waals surface area contributed by atoms with Crippen LogP contribution in [0.1, 0.15) is 37.0 Å². The van der Waals surface area contributed by atoms with Gasteiger partial charge in [-0.05, 0) is 62.6 Å². The average molecular weight is 389 g/mol. The zero-order valence-electron chi connectivity index (χ0n) is 17.1. The van der Waals surface area contributed by atoms with Crippen molar-refractivity contribution in [3.63, 3.8) is 0 Å². The number of ether oxygens (including phenoxy) is 2. The fourth-order valence-electron chi connectivity index (χ4n) is 3.37. The van der Waals surface area contributed by atoms with E-state index in [-0.39, 0.29) is 5.97 Å². The number of carbonyl (C=O) groups is 1. The van der Waals surface area contributed by atoms with Crippen LogP contribution in [0.2, 0.25) is 0 Å². The van der Waals surface area contributed by atoms with Gasteiger partial charge in [-0.2, -0.15) is 0 Å². The molecular formula is C25H27NO3. The van der Waals surface area contributed by atoms with Gasteiger partial charge in [0, 0.05) is 23.6 Å². The van der Waals surface area contributed by atoms with Crippen LogP contribution < -0.4 is 0 Å². The quantitative estimate of drug-likeness (QED) is 0.312. The summed E-state index contributed by atoms with van der Waals surface area (Å²) in [7, 11) is 0. The molecule has 0 fully saturated rings. The molecule has 0 aliphatic heterocycles. The van der Waals surface area contributed by atoms with E-state index in [0.717, 1.165) is 29.5 Å². The standard InChI is InChI=1S/C25H27NO3/c1-4-7-12-20(5-2)29-21-13-10-11-19(16-21)17-26-18-23(25(27)28-6-3)22-14-8-9-15-24(22)26/h4-5,7-9,12-16,18H,2,6,10-11,17H2,1,3H3/b7-4-,20-12+. The maximum atomic E-state index is 12.4. The van der Waals surface area contributed by atoms with E-state index in [1.165, 1.54) is 5.57 Å². The molecule has 150 valence electrons. The molecule has 4 nitrogen and oxygen atoms in total. The number of allylic oxidation sites excluding steroid dienone is 7. The molecule has 1 aromatic heterocycles. The van der Waals surface area contributed by atoms with Gasteiger partial charge in [0.15, 0.2) is 0 Å². The van der Waals surface area contributed by atoms with Gasteiger partial charge in [-0.15, -0.1) is 0 Å². The number of nitrogens with zero attached hydrogens (tertiary/aromatic N) is 1. The zero-order chi connectivity index (χ0) is 20.6. The van der Waals surface area contributed by atoms with Gasteiger partial charge < -0.3 is 14.0 Å². The van der Waals surface area contributed by atoms with Crippen LogP contribution in [0.4, 0.5) is 0 Å². The maximum absolute atomic E-state index is 12.4. The number of aromatic nitrogens is 1. The van der Waals surface area contributed by atoms with Crippen LogP contribution in [0.25, 0.3) is 10.9 Å². The predicted octanol–water partition coefficient (Wildman–Crippen LogP) is 6.08. The van der Waals surface area contributed by atoms with Crippen LogP contribution in [0.3, 0.4) is 0 Å². The summed E-state index contributed by atoms with van der Waals surface area (Å²) in [5.41, 5.74) is 2.87. The Labute approximate surface area is 172 Å². The van der Waals surface area contributed by atoms with Gasteiger partial charge in [0.25, 0.3) is 0 Å². The summed E-state index contributed by atoms with van der Waals surface area (Å²) < 4.78 is 13.3. The molecule has 0 amide bonds. The number of carbonyl (C=O) groups excluding carboxylic acids is 1. The fourth-order valence-corrected chi connectivity index (χ4v) is 3.37. The van der Waals surface area contributed by atoms with Gasteiger partial charge in [-0.3, -0.25) is 0 Å². The van der Waals surface area contributed by atoms with E-state index in [1.807, 2.05) is 62.5 Å².